The van der Waals surface area contributed by atoms with Crippen LogP contribution in [0.15, 0.2) is 48.6 Å². The van der Waals surface area contributed by atoms with Crippen molar-refractivity contribution < 1.29 is 14.3 Å². The van der Waals surface area contributed by atoms with E-state index in [1.165, 1.54) is 16.3 Å². The summed E-state index contributed by atoms with van der Waals surface area (Å²) in [5.74, 6) is 0.617. The Bertz CT molecular complexity index is 703. The van der Waals surface area contributed by atoms with Crippen molar-refractivity contribution in [3.05, 3.63) is 54.1 Å². The van der Waals surface area contributed by atoms with Crippen molar-refractivity contribution in [3.63, 3.8) is 0 Å². The molecule has 2 aromatic rings. The van der Waals surface area contributed by atoms with E-state index in [1.807, 2.05) is 6.07 Å². The number of rotatable bonds is 9. The Morgan fingerprint density at radius 1 is 0.958 bits per heavy atom. The molecule has 0 aliphatic carbocycles. The number of fused-ring (bicyclic) bond motifs is 1. The standard InChI is InChI=1S/C21H26O3/c1-16(2)21(22)24-13-7-5-4-6-12-23-20-11-10-18-14-17(3)8-9-19(18)15-20/h8-11,14-15H,1,4-7,12-13H2,2-3H3. The largest absolute Gasteiger partial charge is 0.494 e. The summed E-state index contributed by atoms with van der Waals surface area (Å²) in [4.78, 5) is 11.2. The second-order valence-electron chi connectivity index (χ2n) is 6.19. The summed E-state index contributed by atoms with van der Waals surface area (Å²) in [5.41, 5.74) is 1.72. The predicted octanol–water partition coefficient (Wildman–Crippen LogP) is 5.21. The molecule has 2 aromatic carbocycles. The summed E-state index contributed by atoms with van der Waals surface area (Å²) < 4.78 is 10.9. The first-order chi connectivity index (χ1) is 11.6. The summed E-state index contributed by atoms with van der Waals surface area (Å²) in [6.07, 6.45) is 3.98. The molecule has 0 heterocycles. The summed E-state index contributed by atoms with van der Waals surface area (Å²) in [6, 6.07) is 12.6. The van der Waals surface area contributed by atoms with E-state index in [0.29, 0.717) is 18.8 Å². The molecular weight excluding hydrogens is 300 g/mol. The molecule has 0 bridgehead atoms. The monoisotopic (exact) mass is 326 g/mol. The zero-order chi connectivity index (χ0) is 17.4. The van der Waals surface area contributed by atoms with Gasteiger partial charge in [-0.2, -0.15) is 0 Å². The molecule has 0 aromatic heterocycles. The van der Waals surface area contributed by atoms with Gasteiger partial charge in [-0.1, -0.05) is 36.4 Å². The number of carbonyl (C=O) groups excluding carboxylic acids is 1. The van der Waals surface area contributed by atoms with Crippen LogP contribution in [0.25, 0.3) is 10.8 Å². The van der Waals surface area contributed by atoms with Gasteiger partial charge in [0.25, 0.3) is 0 Å². The average molecular weight is 326 g/mol. The van der Waals surface area contributed by atoms with Gasteiger partial charge in [0, 0.05) is 5.57 Å². The SMILES string of the molecule is C=C(C)C(=O)OCCCCCCOc1ccc2cc(C)ccc2c1. The molecule has 0 atom stereocenters. The zero-order valence-corrected chi connectivity index (χ0v) is 14.6. The van der Waals surface area contributed by atoms with Gasteiger partial charge in [0.15, 0.2) is 0 Å². The third kappa shape index (κ3) is 5.73. The highest BCUT2D eigenvalue weighted by atomic mass is 16.5. The summed E-state index contributed by atoms with van der Waals surface area (Å²) >= 11 is 0. The second-order valence-corrected chi connectivity index (χ2v) is 6.19. The fourth-order valence-corrected chi connectivity index (χ4v) is 2.47. The van der Waals surface area contributed by atoms with E-state index in [9.17, 15) is 4.79 Å². The minimum absolute atomic E-state index is 0.301. The van der Waals surface area contributed by atoms with Crippen LogP contribution in [0, 0.1) is 6.92 Å². The van der Waals surface area contributed by atoms with Crippen molar-refractivity contribution in [2.24, 2.45) is 0 Å². The van der Waals surface area contributed by atoms with E-state index in [4.69, 9.17) is 9.47 Å². The smallest absolute Gasteiger partial charge is 0.333 e. The molecule has 0 N–H and O–H groups in total. The second kappa shape index (κ2) is 9.11. The van der Waals surface area contributed by atoms with Crippen LogP contribution < -0.4 is 4.74 Å². The van der Waals surface area contributed by atoms with Crippen LogP contribution in [-0.4, -0.2) is 19.2 Å². The number of ether oxygens (including phenoxy) is 2. The molecule has 0 aliphatic heterocycles. The number of esters is 1. The molecule has 0 spiro atoms. The molecular formula is C21H26O3. The highest BCUT2D eigenvalue weighted by Gasteiger charge is 2.02. The molecule has 0 unspecified atom stereocenters. The molecule has 0 saturated heterocycles. The molecule has 0 amide bonds. The van der Waals surface area contributed by atoms with Crippen LogP contribution >= 0.6 is 0 Å². The maximum absolute atomic E-state index is 11.2. The van der Waals surface area contributed by atoms with Crippen molar-refractivity contribution in [1.29, 1.82) is 0 Å². The quantitative estimate of drug-likeness (QED) is 0.361. The minimum Gasteiger partial charge on any atom is -0.494 e. The number of unbranched alkanes of at least 4 members (excludes halogenated alkanes) is 3. The van der Waals surface area contributed by atoms with Gasteiger partial charge in [0.05, 0.1) is 13.2 Å². The van der Waals surface area contributed by atoms with Crippen LogP contribution in [0.1, 0.15) is 38.2 Å². The fraction of sp³-hybridized carbons (Fsp3) is 0.381. The molecule has 3 nitrogen and oxygen atoms in total. The van der Waals surface area contributed by atoms with E-state index in [-0.39, 0.29) is 5.97 Å². The Morgan fingerprint density at radius 2 is 1.62 bits per heavy atom. The van der Waals surface area contributed by atoms with E-state index < -0.39 is 0 Å². The third-order valence-corrected chi connectivity index (χ3v) is 3.86. The normalized spacial score (nSPS) is 10.6. The molecule has 0 radical (unpaired) electrons. The maximum Gasteiger partial charge on any atom is 0.333 e. The van der Waals surface area contributed by atoms with Crippen molar-refractivity contribution in [2.45, 2.75) is 39.5 Å². The van der Waals surface area contributed by atoms with Crippen LogP contribution in [0.4, 0.5) is 0 Å². The van der Waals surface area contributed by atoms with E-state index in [0.717, 1.165) is 31.4 Å². The van der Waals surface area contributed by atoms with Crippen molar-refractivity contribution in [1.82, 2.24) is 0 Å². The zero-order valence-electron chi connectivity index (χ0n) is 14.6. The van der Waals surface area contributed by atoms with Gasteiger partial charge in [-0.25, -0.2) is 4.79 Å². The minimum atomic E-state index is -0.301. The molecule has 0 aliphatic rings. The van der Waals surface area contributed by atoms with Crippen LogP contribution in [0.3, 0.4) is 0 Å². The first-order valence-electron chi connectivity index (χ1n) is 8.52. The Kier molecular flexibility index (Phi) is 6.86. The number of hydrogen-bond acceptors (Lipinski definition) is 3. The number of aryl methyl sites for hydroxylation is 1. The molecule has 24 heavy (non-hydrogen) atoms. The van der Waals surface area contributed by atoms with E-state index in [1.54, 1.807) is 6.92 Å². The molecule has 0 fully saturated rings. The summed E-state index contributed by atoms with van der Waals surface area (Å²) in [5, 5.41) is 2.45. The first kappa shape index (κ1) is 18.1. The molecule has 128 valence electrons. The van der Waals surface area contributed by atoms with Crippen molar-refractivity contribution in [3.8, 4) is 5.75 Å². The fourth-order valence-electron chi connectivity index (χ4n) is 2.47. The van der Waals surface area contributed by atoms with Crippen LogP contribution in [0.2, 0.25) is 0 Å². The van der Waals surface area contributed by atoms with Crippen LogP contribution in [0.5, 0.6) is 5.75 Å². The van der Waals surface area contributed by atoms with E-state index in [2.05, 4.69) is 43.8 Å². The van der Waals surface area contributed by atoms with Gasteiger partial charge in [0.2, 0.25) is 0 Å². The Balaban J connectivity index is 1.62. The topological polar surface area (TPSA) is 35.5 Å². The van der Waals surface area contributed by atoms with Crippen molar-refractivity contribution in [2.75, 3.05) is 13.2 Å². The predicted molar refractivity (Wildman–Crippen MR) is 98.4 cm³/mol. The molecule has 3 heteroatoms. The van der Waals surface area contributed by atoms with Crippen LogP contribution in [-0.2, 0) is 9.53 Å². The van der Waals surface area contributed by atoms with Gasteiger partial charge in [-0.3, -0.25) is 0 Å². The Labute approximate surface area is 144 Å². The van der Waals surface area contributed by atoms with Gasteiger partial charge in [0.1, 0.15) is 5.75 Å². The van der Waals surface area contributed by atoms with Gasteiger partial charge in [-0.05, 0) is 62.4 Å². The van der Waals surface area contributed by atoms with Gasteiger partial charge >= 0.3 is 5.97 Å². The number of hydrogen-bond donors (Lipinski definition) is 0. The first-order valence-corrected chi connectivity index (χ1v) is 8.52. The average Bonchev–Trinajstić information content (AvgIpc) is 2.56. The van der Waals surface area contributed by atoms with Crippen molar-refractivity contribution >= 4 is 16.7 Å². The lowest BCUT2D eigenvalue weighted by Gasteiger charge is -2.08. The highest BCUT2D eigenvalue weighted by molar-refractivity contribution is 5.87. The lowest BCUT2D eigenvalue weighted by molar-refractivity contribution is -0.139. The van der Waals surface area contributed by atoms with Gasteiger partial charge < -0.3 is 9.47 Å². The third-order valence-electron chi connectivity index (χ3n) is 3.86. The van der Waals surface area contributed by atoms with Gasteiger partial charge in [-0.15, -0.1) is 0 Å². The number of carbonyl (C=O) groups is 1. The lowest BCUT2D eigenvalue weighted by atomic mass is 10.1. The Morgan fingerprint density at radius 3 is 2.38 bits per heavy atom. The highest BCUT2D eigenvalue weighted by Crippen LogP contribution is 2.22. The lowest BCUT2D eigenvalue weighted by Crippen LogP contribution is -2.06. The number of benzene rings is 2. The molecule has 2 rings (SSSR count). The van der Waals surface area contributed by atoms with E-state index >= 15 is 0 Å². The maximum atomic E-state index is 11.2. The summed E-state index contributed by atoms with van der Waals surface area (Å²) in [6.45, 7) is 8.50. The molecule has 0 saturated carbocycles. The Hall–Kier alpha value is -2.29. The summed E-state index contributed by atoms with van der Waals surface area (Å²) in [7, 11) is 0.